The number of fused-ring (bicyclic) bond motifs is 3. The van der Waals surface area contributed by atoms with Gasteiger partial charge in [0.2, 0.25) is 6.41 Å². The molecule has 134 valence electrons. The van der Waals surface area contributed by atoms with Crippen LogP contribution in [0.1, 0.15) is 31.1 Å². The topological polar surface area (TPSA) is 109 Å². The third-order valence-electron chi connectivity index (χ3n) is 3.70. The third-order valence-corrected chi connectivity index (χ3v) is 3.70. The first-order chi connectivity index (χ1) is 12.2. The molecule has 1 N–H and O–H groups in total. The van der Waals surface area contributed by atoms with E-state index in [1.165, 1.54) is 12.3 Å². The van der Waals surface area contributed by atoms with Crippen molar-refractivity contribution in [3.63, 3.8) is 0 Å². The second-order valence-electron chi connectivity index (χ2n) is 6.82. The molecule has 8 heteroatoms. The summed E-state index contributed by atoms with van der Waals surface area (Å²) in [5, 5.41) is 10.8. The number of anilines is 1. The normalized spacial score (nSPS) is 16.4. The molecule has 1 atom stereocenters. The molecule has 0 saturated heterocycles. The molecule has 26 heavy (non-hydrogen) atoms. The van der Waals surface area contributed by atoms with E-state index in [2.05, 4.69) is 9.98 Å². The zero-order valence-corrected chi connectivity index (χ0v) is 14.5. The number of carboxylic acid groups (broad SMARTS) is 1. The molecule has 1 aromatic carbocycles. The van der Waals surface area contributed by atoms with Crippen LogP contribution in [0.25, 0.3) is 10.9 Å². The fraction of sp³-hybridized carbons (Fsp3) is 0.278. The maximum Gasteiger partial charge on any atom is 0.319 e. The van der Waals surface area contributed by atoms with Crippen LogP contribution < -0.4 is 5.06 Å². The number of rotatable bonds is 4. The first-order valence-corrected chi connectivity index (χ1v) is 7.89. The average Bonchev–Trinajstić information content (AvgIpc) is 2.58. The van der Waals surface area contributed by atoms with E-state index in [1.54, 1.807) is 12.1 Å². The SMILES string of the molecule is CC(C)(C)ON(C=O)c1cnc2c3c(ccc2c1)C(=O)C(C(=O)O)C=N3. The number of pyridine rings is 1. The van der Waals surface area contributed by atoms with Gasteiger partial charge < -0.3 is 5.11 Å². The van der Waals surface area contributed by atoms with E-state index >= 15 is 0 Å². The van der Waals surface area contributed by atoms with E-state index < -0.39 is 23.3 Å². The molecule has 1 amide bonds. The minimum Gasteiger partial charge on any atom is -0.480 e. The van der Waals surface area contributed by atoms with Gasteiger partial charge in [-0.15, -0.1) is 0 Å². The number of ketones is 1. The highest BCUT2D eigenvalue weighted by Gasteiger charge is 2.31. The number of aliphatic imine (C=N–C) groups is 1. The summed E-state index contributed by atoms with van der Waals surface area (Å²) in [6.45, 7) is 5.44. The minimum atomic E-state index is -1.29. The molecule has 1 aromatic heterocycles. The quantitative estimate of drug-likeness (QED) is 0.513. The fourth-order valence-corrected chi connectivity index (χ4v) is 2.62. The highest BCUT2D eigenvalue weighted by atomic mass is 16.7. The van der Waals surface area contributed by atoms with Crippen molar-refractivity contribution in [3.05, 3.63) is 30.0 Å². The zero-order chi connectivity index (χ0) is 19.1. The highest BCUT2D eigenvalue weighted by molar-refractivity contribution is 6.24. The van der Waals surface area contributed by atoms with Crippen LogP contribution >= 0.6 is 0 Å². The van der Waals surface area contributed by atoms with Gasteiger partial charge in [-0.1, -0.05) is 6.07 Å². The number of nitrogens with zero attached hydrogens (tertiary/aromatic N) is 3. The number of carboxylic acids is 1. The van der Waals surface area contributed by atoms with Crippen LogP contribution in [0.5, 0.6) is 0 Å². The molecule has 2 heterocycles. The standard InChI is InChI=1S/C18H17N3O5/c1-18(2,3)26-21(9-22)11-6-10-4-5-12-15(14(10)19-7-11)20-8-13(16(12)23)17(24)25/h4-9,13H,1-3H3,(H,24,25). The van der Waals surface area contributed by atoms with Crippen molar-refractivity contribution >= 4 is 46.7 Å². The maximum absolute atomic E-state index is 12.3. The van der Waals surface area contributed by atoms with Crippen LogP contribution in [0.15, 0.2) is 29.4 Å². The van der Waals surface area contributed by atoms with Gasteiger partial charge in [0.15, 0.2) is 11.7 Å². The summed E-state index contributed by atoms with van der Waals surface area (Å²) in [6, 6.07) is 4.85. The van der Waals surface area contributed by atoms with E-state index in [0.717, 1.165) is 11.3 Å². The molecular formula is C18H17N3O5. The van der Waals surface area contributed by atoms with Gasteiger partial charge in [-0.2, -0.15) is 5.06 Å². The summed E-state index contributed by atoms with van der Waals surface area (Å²) in [5.41, 5.74) is 0.837. The third kappa shape index (κ3) is 3.18. The summed E-state index contributed by atoms with van der Waals surface area (Å²) in [4.78, 5) is 48.8. The van der Waals surface area contributed by atoms with E-state index in [4.69, 9.17) is 9.94 Å². The van der Waals surface area contributed by atoms with Crippen LogP contribution in [0.4, 0.5) is 11.4 Å². The van der Waals surface area contributed by atoms with Gasteiger partial charge in [-0.05, 0) is 32.9 Å². The molecule has 0 bridgehead atoms. The van der Waals surface area contributed by atoms with Crippen molar-refractivity contribution in [1.82, 2.24) is 4.98 Å². The van der Waals surface area contributed by atoms with Crippen molar-refractivity contribution in [1.29, 1.82) is 0 Å². The molecule has 2 aromatic rings. The number of carbonyl (C=O) groups excluding carboxylic acids is 2. The molecule has 0 spiro atoms. The van der Waals surface area contributed by atoms with Crippen molar-refractivity contribution in [3.8, 4) is 0 Å². The molecule has 0 fully saturated rings. The number of carbonyl (C=O) groups is 3. The summed E-state index contributed by atoms with van der Waals surface area (Å²) < 4.78 is 0. The van der Waals surface area contributed by atoms with Gasteiger partial charge in [0.1, 0.15) is 0 Å². The minimum absolute atomic E-state index is 0.214. The monoisotopic (exact) mass is 355 g/mol. The van der Waals surface area contributed by atoms with Crippen LogP contribution in [-0.4, -0.2) is 40.1 Å². The number of Topliss-reactive ketones (excluding diaryl/α,β-unsaturated/α-hetero) is 1. The predicted molar refractivity (Wildman–Crippen MR) is 94.7 cm³/mol. The lowest BCUT2D eigenvalue weighted by molar-refractivity contribution is -0.137. The van der Waals surface area contributed by atoms with Gasteiger partial charge in [0.05, 0.1) is 28.7 Å². The van der Waals surface area contributed by atoms with Gasteiger partial charge >= 0.3 is 5.97 Å². The van der Waals surface area contributed by atoms with Crippen molar-refractivity contribution < 1.29 is 24.3 Å². The Kier molecular flexibility index (Phi) is 4.29. The first-order valence-electron chi connectivity index (χ1n) is 7.89. The number of hydrogen-bond donors (Lipinski definition) is 1. The lowest BCUT2D eigenvalue weighted by atomic mass is 9.93. The number of aliphatic carboxylic acids is 1. The number of aromatic nitrogens is 1. The molecule has 3 rings (SSSR count). The number of benzene rings is 1. The molecule has 1 aliphatic heterocycles. The van der Waals surface area contributed by atoms with Crippen molar-refractivity contribution in [2.75, 3.05) is 5.06 Å². The van der Waals surface area contributed by atoms with E-state index in [9.17, 15) is 14.4 Å². The largest absolute Gasteiger partial charge is 0.480 e. The Morgan fingerprint density at radius 3 is 2.69 bits per heavy atom. The Balaban J connectivity index is 2.06. The van der Waals surface area contributed by atoms with E-state index in [1.807, 2.05) is 20.8 Å². The van der Waals surface area contributed by atoms with E-state index in [0.29, 0.717) is 28.7 Å². The lowest BCUT2D eigenvalue weighted by Crippen LogP contribution is -2.33. The van der Waals surface area contributed by atoms with Crippen molar-refractivity contribution in [2.45, 2.75) is 26.4 Å². The number of hydroxylamine groups is 1. The number of amides is 1. The molecule has 0 aliphatic carbocycles. The van der Waals surface area contributed by atoms with Crippen molar-refractivity contribution in [2.24, 2.45) is 10.9 Å². The van der Waals surface area contributed by atoms with Crippen LogP contribution in [0.3, 0.4) is 0 Å². The fourth-order valence-electron chi connectivity index (χ4n) is 2.62. The summed E-state index contributed by atoms with van der Waals surface area (Å²) in [5.74, 6) is -3.06. The highest BCUT2D eigenvalue weighted by Crippen LogP contribution is 2.34. The zero-order valence-electron chi connectivity index (χ0n) is 14.5. The first kappa shape index (κ1) is 17.7. The maximum atomic E-state index is 12.3. The second-order valence-corrected chi connectivity index (χ2v) is 6.82. The summed E-state index contributed by atoms with van der Waals surface area (Å²) >= 11 is 0. The molecule has 8 nitrogen and oxygen atoms in total. The Hall–Kier alpha value is -3.13. The molecule has 0 radical (unpaired) electrons. The van der Waals surface area contributed by atoms with Gasteiger partial charge in [-0.25, -0.2) is 0 Å². The summed E-state index contributed by atoms with van der Waals surface area (Å²) in [7, 11) is 0. The van der Waals surface area contributed by atoms with E-state index in [-0.39, 0.29) is 5.56 Å². The summed E-state index contributed by atoms with van der Waals surface area (Å²) in [6.07, 6.45) is 3.10. The Bertz CT molecular complexity index is 946. The second kappa shape index (κ2) is 6.30. The lowest BCUT2D eigenvalue weighted by Gasteiger charge is -2.26. The molecule has 1 unspecified atom stereocenters. The van der Waals surface area contributed by atoms with Crippen LogP contribution in [0, 0.1) is 5.92 Å². The molecule has 0 saturated carbocycles. The molecular weight excluding hydrogens is 338 g/mol. The van der Waals surface area contributed by atoms with Gasteiger partial charge in [0.25, 0.3) is 0 Å². The van der Waals surface area contributed by atoms with Gasteiger partial charge in [0, 0.05) is 17.2 Å². The average molecular weight is 355 g/mol. The predicted octanol–water partition coefficient (Wildman–Crippen LogP) is 2.53. The Morgan fingerprint density at radius 2 is 2.08 bits per heavy atom. The molecule has 1 aliphatic rings. The number of hydrogen-bond acceptors (Lipinski definition) is 6. The Labute approximate surface area is 149 Å². The van der Waals surface area contributed by atoms with Crippen LogP contribution in [0.2, 0.25) is 0 Å². The van der Waals surface area contributed by atoms with Gasteiger partial charge in [-0.3, -0.25) is 29.2 Å². The smallest absolute Gasteiger partial charge is 0.319 e. The van der Waals surface area contributed by atoms with Crippen LogP contribution in [-0.2, 0) is 14.4 Å². The Morgan fingerprint density at radius 1 is 1.35 bits per heavy atom.